The number of nitrogens with two attached hydrogens (primary N) is 1. The van der Waals surface area contributed by atoms with Gasteiger partial charge in [-0.15, -0.1) is 0 Å². The fourth-order valence-corrected chi connectivity index (χ4v) is 2.84. The van der Waals surface area contributed by atoms with Crippen LogP contribution in [0.3, 0.4) is 0 Å². The van der Waals surface area contributed by atoms with Gasteiger partial charge in [0.2, 0.25) is 0 Å². The summed E-state index contributed by atoms with van der Waals surface area (Å²) >= 11 is 0. The second-order valence-electron chi connectivity index (χ2n) is 5.44. The van der Waals surface area contributed by atoms with Crippen molar-refractivity contribution in [1.82, 2.24) is 9.80 Å². The first-order chi connectivity index (χ1) is 9.74. The zero-order chi connectivity index (χ0) is 14.4. The van der Waals surface area contributed by atoms with Crippen LogP contribution in [-0.2, 0) is 6.54 Å². The van der Waals surface area contributed by atoms with Gasteiger partial charge in [0.15, 0.2) is 0 Å². The fourth-order valence-electron chi connectivity index (χ4n) is 2.84. The molecule has 0 bridgehead atoms. The van der Waals surface area contributed by atoms with Crippen LogP contribution >= 0.6 is 0 Å². The molecule has 1 unspecified atom stereocenters. The molecule has 4 nitrogen and oxygen atoms in total. The average molecular weight is 277 g/mol. The first-order valence-corrected chi connectivity index (χ1v) is 7.61. The standard InChI is InChI=1S/C16H27N3O/c1-3-19-9-8-18(13-14(19)2)10-11-20-16-7-5-4-6-15(16)12-17/h4-7,14H,3,8-13,17H2,1-2H3. The van der Waals surface area contributed by atoms with Crippen molar-refractivity contribution >= 4 is 0 Å². The van der Waals surface area contributed by atoms with Crippen LogP contribution in [0.4, 0.5) is 0 Å². The Morgan fingerprint density at radius 2 is 2.10 bits per heavy atom. The highest BCUT2D eigenvalue weighted by Gasteiger charge is 2.21. The second kappa shape index (κ2) is 7.62. The van der Waals surface area contributed by atoms with Gasteiger partial charge >= 0.3 is 0 Å². The minimum absolute atomic E-state index is 0.530. The SMILES string of the molecule is CCN1CCN(CCOc2ccccc2CN)CC1C. The normalized spacial score (nSPS) is 21.1. The van der Waals surface area contributed by atoms with E-state index in [1.807, 2.05) is 24.3 Å². The summed E-state index contributed by atoms with van der Waals surface area (Å²) in [6.07, 6.45) is 0. The molecule has 2 rings (SSSR count). The van der Waals surface area contributed by atoms with Gasteiger partial charge in [-0.05, 0) is 19.5 Å². The summed E-state index contributed by atoms with van der Waals surface area (Å²) in [4.78, 5) is 5.02. The molecule has 2 N–H and O–H groups in total. The van der Waals surface area contributed by atoms with Gasteiger partial charge in [0.25, 0.3) is 0 Å². The predicted molar refractivity (Wildman–Crippen MR) is 83.0 cm³/mol. The monoisotopic (exact) mass is 277 g/mol. The Kier molecular flexibility index (Phi) is 5.83. The quantitative estimate of drug-likeness (QED) is 0.856. The summed E-state index contributed by atoms with van der Waals surface area (Å²) in [5.74, 6) is 0.926. The van der Waals surface area contributed by atoms with Gasteiger partial charge in [-0.3, -0.25) is 9.80 Å². The van der Waals surface area contributed by atoms with Crippen molar-refractivity contribution in [1.29, 1.82) is 0 Å². The Balaban J connectivity index is 1.76. The van der Waals surface area contributed by atoms with Crippen LogP contribution in [0, 0.1) is 0 Å². The molecule has 112 valence electrons. The lowest BCUT2D eigenvalue weighted by Crippen LogP contribution is -2.52. The van der Waals surface area contributed by atoms with Gasteiger partial charge in [-0.1, -0.05) is 25.1 Å². The van der Waals surface area contributed by atoms with Crippen molar-refractivity contribution in [3.63, 3.8) is 0 Å². The van der Waals surface area contributed by atoms with Crippen molar-refractivity contribution in [2.45, 2.75) is 26.4 Å². The van der Waals surface area contributed by atoms with E-state index in [1.54, 1.807) is 0 Å². The molecular weight excluding hydrogens is 250 g/mol. The van der Waals surface area contributed by atoms with E-state index >= 15 is 0 Å². The summed E-state index contributed by atoms with van der Waals surface area (Å²) in [5.41, 5.74) is 6.80. The first-order valence-electron chi connectivity index (χ1n) is 7.61. The van der Waals surface area contributed by atoms with E-state index in [-0.39, 0.29) is 0 Å². The molecule has 1 aromatic rings. The third-order valence-corrected chi connectivity index (χ3v) is 4.11. The molecule has 1 aliphatic heterocycles. The molecular formula is C16H27N3O. The van der Waals surface area contributed by atoms with Crippen LogP contribution < -0.4 is 10.5 Å². The van der Waals surface area contributed by atoms with Crippen molar-refractivity contribution in [2.24, 2.45) is 5.73 Å². The highest BCUT2D eigenvalue weighted by atomic mass is 16.5. The number of likely N-dealkylation sites (N-methyl/N-ethyl adjacent to an activating group) is 1. The van der Waals surface area contributed by atoms with Crippen molar-refractivity contribution in [3.05, 3.63) is 29.8 Å². The lowest BCUT2D eigenvalue weighted by Gasteiger charge is -2.39. The summed E-state index contributed by atoms with van der Waals surface area (Å²) in [6, 6.07) is 8.67. The lowest BCUT2D eigenvalue weighted by atomic mass is 10.2. The Hall–Kier alpha value is -1.10. The number of ether oxygens (including phenoxy) is 1. The minimum Gasteiger partial charge on any atom is -0.492 e. The first kappa shape index (κ1) is 15.3. The predicted octanol–water partition coefficient (Wildman–Crippen LogP) is 1.55. The van der Waals surface area contributed by atoms with Gasteiger partial charge in [0, 0.05) is 44.3 Å². The van der Waals surface area contributed by atoms with Crippen LogP contribution in [0.2, 0.25) is 0 Å². The minimum atomic E-state index is 0.530. The van der Waals surface area contributed by atoms with Gasteiger partial charge in [0.05, 0.1) is 0 Å². The maximum atomic E-state index is 5.88. The number of rotatable bonds is 6. The van der Waals surface area contributed by atoms with Gasteiger partial charge in [-0.2, -0.15) is 0 Å². The number of piperazine rings is 1. The molecule has 4 heteroatoms. The van der Waals surface area contributed by atoms with Crippen molar-refractivity contribution in [3.8, 4) is 5.75 Å². The molecule has 0 saturated carbocycles. The topological polar surface area (TPSA) is 41.7 Å². The van der Waals surface area contributed by atoms with E-state index in [9.17, 15) is 0 Å². The van der Waals surface area contributed by atoms with E-state index in [4.69, 9.17) is 10.5 Å². The number of para-hydroxylation sites is 1. The highest BCUT2D eigenvalue weighted by molar-refractivity contribution is 5.32. The van der Waals surface area contributed by atoms with Crippen LogP contribution in [0.1, 0.15) is 19.4 Å². The van der Waals surface area contributed by atoms with E-state index in [0.717, 1.165) is 50.6 Å². The van der Waals surface area contributed by atoms with Crippen LogP contribution in [0.5, 0.6) is 5.75 Å². The molecule has 1 fully saturated rings. The van der Waals surface area contributed by atoms with Crippen molar-refractivity contribution < 1.29 is 4.74 Å². The molecule has 1 heterocycles. The summed E-state index contributed by atoms with van der Waals surface area (Å²) in [6.45, 7) is 11.4. The molecule has 0 aliphatic carbocycles. The third kappa shape index (κ3) is 3.95. The number of nitrogens with zero attached hydrogens (tertiary/aromatic N) is 2. The molecule has 0 radical (unpaired) electrons. The molecule has 1 aromatic carbocycles. The molecule has 0 spiro atoms. The summed E-state index contributed by atoms with van der Waals surface area (Å²) < 4.78 is 5.88. The molecule has 0 aromatic heterocycles. The molecule has 20 heavy (non-hydrogen) atoms. The number of benzene rings is 1. The summed E-state index contributed by atoms with van der Waals surface area (Å²) in [5, 5.41) is 0. The zero-order valence-electron chi connectivity index (χ0n) is 12.7. The van der Waals surface area contributed by atoms with E-state index < -0.39 is 0 Å². The van der Waals surface area contributed by atoms with Gasteiger partial charge in [-0.25, -0.2) is 0 Å². The maximum absolute atomic E-state index is 5.88. The molecule has 1 aliphatic rings. The Morgan fingerprint density at radius 3 is 2.80 bits per heavy atom. The van der Waals surface area contributed by atoms with E-state index in [0.29, 0.717) is 12.6 Å². The van der Waals surface area contributed by atoms with Crippen LogP contribution in [0.15, 0.2) is 24.3 Å². The summed E-state index contributed by atoms with van der Waals surface area (Å²) in [7, 11) is 0. The van der Waals surface area contributed by atoms with E-state index in [1.165, 1.54) is 0 Å². The van der Waals surface area contributed by atoms with E-state index in [2.05, 4.69) is 23.6 Å². The molecule has 1 saturated heterocycles. The Labute approximate surface area is 122 Å². The maximum Gasteiger partial charge on any atom is 0.123 e. The third-order valence-electron chi connectivity index (χ3n) is 4.11. The largest absolute Gasteiger partial charge is 0.492 e. The second-order valence-corrected chi connectivity index (χ2v) is 5.44. The van der Waals surface area contributed by atoms with Crippen LogP contribution in [-0.4, -0.2) is 55.2 Å². The lowest BCUT2D eigenvalue weighted by molar-refractivity contribution is 0.0780. The fraction of sp³-hybridized carbons (Fsp3) is 0.625. The zero-order valence-corrected chi connectivity index (χ0v) is 12.7. The number of hydrogen-bond donors (Lipinski definition) is 1. The molecule has 1 atom stereocenters. The smallest absolute Gasteiger partial charge is 0.123 e. The highest BCUT2D eigenvalue weighted by Crippen LogP contribution is 2.17. The molecule has 0 amide bonds. The Morgan fingerprint density at radius 1 is 1.30 bits per heavy atom. The van der Waals surface area contributed by atoms with Crippen molar-refractivity contribution in [2.75, 3.05) is 39.3 Å². The van der Waals surface area contributed by atoms with Gasteiger partial charge in [0.1, 0.15) is 12.4 Å². The average Bonchev–Trinajstić information content (AvgIpc) is 2.48. The Bertz CT molecular complexity index is 410. The van der Waals surface area contributed by atoms with Crippen LogP contribution in [0.25, 0.3) is 0 Å². The van der Waals surface area contributed by atoms with Gasteiger partial charge < -0.3 is 10.5 Å². The number of hydrogen-bond acceptors (Lipinski definition) is 4.